The Morgan fingerprint density at radius 3 is 2.62 bits per heavy atom. The van der Waals surface area contributed by atoms with Crippen molar-refractivity contribution in [2.75, 3.05) is 4.72 Å². The van der Waals surface area contributed by atoms with Gasteiger partial charge in [-0.1, -0.05) is 0 Å². The number of fused-ring (bicyclic) bond motifs is 1. The second kappa shape index (κ2) is 6.11. The first-order valence-corrected chi connectivity index (χ1v) is 9.93. The molecule has 0 radical (unpaired) electrons. The number of oxazole rings is 1. The molecule has 0 spiro atoms. The van der Waals surface area contributed by atoms with Crippen LogP contribution in [0.15, 0.2) is 68.1 Å². The molecule has 0 aliphatic rings. The fourth-order valence-electron chi connectivity index (χ4n) is 2.54. The lowest BCUT2D eigenvalue weighted by atomic mass is 10.2. The molecule has 2 heterocycles. The highest BCUT2D eigenvalue weighted by molar-refractivity contribution is 7.92. The quantitative estimate of drug-likeness (QED) is 0.581. The van der Waals surface area contributed by atoms with E-state index in [2.05, 4.69) is 9.71 Å². The number of thiazole rings is 1. The maximum absolute atomic E-state index is 12.6. The normalized spacial score (nSPS) is 11.7. The van der Waals surface area contributed by atoms with Gasteiger partial charge in [-0.15, -0.1) is 11.3 Å². The van der Waals surface area contributed by atoms with E-state index in [1.165, 1.54) is 28.0 Å². The van der Waals surface area contributed by atoms with Crippen LogP contribution in [0.25, 0.3) is 21.7 Å². The number of hydrogen-bond donors (Lipinski definition) is 1. The third kappa shape index (κ3) is 2.91. The predicted octanol–water partition coefficient (Wildman–Crippen LogP) is 3.06. The molecule has 4 aromatic rings. The van der Waals surface area contributed by atoms with Gasteiger partial charge in [0.2, 0.25) is 0 Å². The zero-order valence-electron chi connectivity index (χ0n) is 13.5. The fraction of sp³-hybridized carbons (Fsp3) is 0.0588. The van der Waals surface area contributed by atoms with Crippen LogP contribution < -0.4 is 10.5 Å². The Balaban J connectivity index is 1.63. The smallest absolute Gasteiger partial charge is 0.408 e. The summed E-state index contributed by atoms with van der Waals surface area (Å²) in [6.07, 6.45) is 1.72. The van der Waals surface area contributed by atoms with E-state index in [-0.39, 0.29) is 10.5 Å². The van der Waals surface area contributed by atoms with E-state index in [1.54, 1.807) is 43.6 Å². The molecule has 2 aromatic heterocycles. The first-order valence-electron chi connectivity index (χ1n) is 7.56. The number of benzene rings is 2. The minimum absolute atomic E-state index is 0.0170. The van der Waals surface area contributed by atoms with Crippen LogP contribution in [0.4, 0.5) is 5.69 Å². The van der Waals surface area contributed by atoms with Gasteiger partial charge in [0.15, 0.2) is 5.58 Å². The number of nitrogens with one attached hydrogen (secondary N) is 1. The van der Waals surface area contributed by atoms with Crippen LogP contribution in [-0.4, -0.2) is 18.0 Å². The lowest BCUT2D eigenvalue weighted by Crippen LogP contribution is -2.12. The maximum Gasteiger partial charge on any atom is 0.419 e. The van der Waals surface area contributed by atoms with E-state index in [4.69, 9.17) is 4.42 Å². The Morgan fingerprint density at radius 1 is 1.15 bits per heavy atom. The van der Waals surface area contributed by atoms with Crippen molar-refractivity contribution >= 4 is 38.1 Å². The van der Waals surface area contributed by atoms with Crippen LogP contribution in [0.3, 0.4) is 0 Å². The van der Waals surface area contributed by atoms with E-state index >= 15 is 0 Å². The van der Waals surface area contributed by atoms with Crippen molar-refractivity contribution in [2.45, 2.75) is 4.90 Å². The Kier molecular flexibility index (Phi) is 3.89. The van der Waals surface area contributed by atoms with Gasteiger partial charge in [0, 0.05) is 35.9 Å². The molecule has 0 amide bonds. The van der Waals surface area contributed by atoms with Gasteiger partial charge >= 0.3 is 5.76 Å². The number of anilines is 1. The number of aryl methyl sites for hydroxylation is 1. The second-order valence-corrected chi connectivity index (χ2v) is 8.15. The molecule has 26 heavy (non-hydrogen) atoms. The average molecular weight is 387 g/mol. The average Bonchev–Trinajstić information content (AvgIpc) is 3.24. The minimum Gasteiger partial charge on any atom is -0.408 e. The van der Waals surface area contributed by atoms with Gasteiger partial charge in [0.1, 0.15) is 5.01 Å². The molecule has 132 valence electrons. The third-order valence-electron chi connectivity index (χ3n) is 3.89. The summed E-state index contributed by atoms with van der Waals surface area (Å²) in [6.45, 7) is 0. The van der Waals surface area contributed by atoms with Crippen molar-refractivity contribution in [3.63, 3.8) is 0 Å². The summed E-state index contributed by atoms with van der Waals surface area (Å²) >= 11 is 1.51. The first kappa shape index (κ1) is 16.6. The standard InChI is InChI=1S/C17H13N3O4S2/c1-20-14-7-6-13(10-15(14)24-17(20)21)26(22,23)19-12-4-2-11(3-5-12)16-18-8-9-25-16/h2-10,19H,1H3. The van der Waals surface area contributed by atoms with Gasteiger partial charge in [-0.3, -0.25) is 9.29 Å². The number of sulfonamides is 1. The highest BCUT2D eigenvalue weighted by Crippen LogP contribution is 2.25. The predicted molar refractivity (Wildman–Crippen MR) is 99.8 cm³/mol. The van der Waals surface area contributed by atoms with Gasteiger partial charge in [-0.05, 0) is 36.4 Å². The Labute approximate surface area is 152 Å². The molecule has 0 saturated carbocycles. The maximum atomic E-state index is 12.6. The summed E-state index contributed by atoms with van der Waals surface area (Å²) < 4.78 is 34.1. The highest BCUT2D eigenvalue weighted by Gasteiger charge is 2.17. The van der Waals surface area contributed by atoms with Crippen LogP contribution in [0.2, 0.25) is 0 Å². The van der Waals surface area contributed by atoms with E-state index in [1.807, 2.05) is 5.38 Å². The summed E-state index contributed by atoms with van der Waals surface area (Å²) in [6, 6.07) is 11.3. The molecule has 0 fully saturated rings. The summed E-state index contributed by atoms with van der Waals surface area (Å²) in [5.41, 5.74) is 2.09. The third-order valence-corrected chi connectivity index (χ3v) is 6.09. The van der Waals surface area contributed by atoms with Crippen molar-refractivity contribution < 1.29 is 12.8 Å². The van der Waals surface area contributed by atoms with Crippen LogP contribution in [0.5, 0.6) is 0 Å². The number of rotatable bonds is 4. The Morgan fingerprint density at radius 2 is 1.92 bits per heavy atom. The van der Waals surface area contributed by atoms with E-state index in [0.29, 0.717) is 11.2 Å². The van der Waals surface area contributed by atoms with Crippen LogP contribution in [0.1, 0.15) is 0 Å². The number of hydrogen-bond acceptors (Lipinski definition) is 6. The van der Waals surface area contributed by atoms with Gasteiger partial charge in [0.25, 0.3) is 10.0 Å². The minimum atomic E-state index is -3.81. The number of nitrogens with zero attached hydrogens (tertiary/aromatic N) is 2. The largest absolute Gasteiger partial charge is 0.419 e. The molecule has 0 unspecified atom stereocenters. The lowest BCUT2D eigenvalue weighted by Gasteiger charge is -2.08. The van der Waals surface area contributed by atoms with E-state index < -0.39 is 15.8 Å². The highest BCUT2D eigenvalue weighted by atomic mass is 32.2. The van der Waals surface area contributed by atoms with Crippen LogP contribution in [0, 0.1) is 0 Å². The van der Waals surface area contributed by atoms with Crippen LogP contribution >= 0.6 is 11.3 Å². The molecule has 9 heteroatoms. The molecule has 0 aliphatic carbocycles. The van der Waals surface area contributed by atoms with E-state index in [0.717, 1.165) is 10.6 Å². The second-order valence-electron chi connectivity index (χ2n) is 5.58. The monoisotopic (exact) mass is 387 g/mol. The SMILES string of the molecule is Cn1c(=O)oc2cc(S(=O)(=O)Nc3ccc(-c4nccs4)cc3)ccc21. The molecule has 2 aromatic carbocycles. The molecular formula is C17H13N3O4S2. The lowest BCUT2D eigenvalue weighted by molar-refractivity contribution is 0.527. The van der Waals surface area contributed by atoms with Crippen molar-refractivity contribution in [3.05, 3.63) is 64.6 Å². The molecule has 0 aliphatic heterocycles. The van der Waals surface area contributed by atoms with Crippen molar-refractivity contribution in [1.82, 2.24) is 9.55 Å². The molecule has 0 saturated heterocycles. The summed E-state index contributed by atoms with van der Waals surface area (Å²) in [4.78, 5) is 15.8. The summed E-state index contributed by atoms with van der Waals surface area (Å²) in [5, 5.41) is 2.74. The Hall–Kier alpha value is -2.91. The fourth-order valence-corrected chi connectivity index (χ4v) is 4.26. The van der Waals surface area contributed by atoms with Gasteiger partial charge in [-0.2, -0.15) is 0 Å². The van der Waals surface area contributed by atoms with Gasteiger partial charge in [-0.25, -0.2) is 18.2 Å². The first-order chi connectivity index (χ1) is 12.4. The molecule has 7 nitrogen and oxygen atoms in total. The zero-order valence-corrected chi connectivity index (χ0v) is 15.2. The molecule has 4 rings (SSSR count). The van der Waals surface area contributed by atoms with Crippen molar-refractivity contribution in [2.24, 2.45) is 7.05 Å². The topological polar surface area (TPSA) is 94.2 Å². The molecule has 0 bridgehead atoms. The van der Waals surface area contributed by atoms with E-state index in [9.17, 15) is 13.2 Å². The van der Waals surface area contributed by atoms with Crippen molar-refractivity contribution in [1.29, 1.82) is 0 Å². The molecule has 1 N–H and O–H groups in total. The Bertz CT molecular complexity index is 1240. The summed E-state index contributed by atoms with van der Waals surface area (Å²) in [7, 11) is -2.25. The van der Waals surface area contributed by atoms with Gasteiger partial charge < -0.3 is 4.42 Å². The van der Waals surface area contributed by atoms with Crippen LogP contribution in [-0.2, 0) is 17.1 Å². The van der Waals surface area contributed by atoms with Gasteiger partial charge in [0.05, 0.1) is 10.4 Å². The molecular weight excluding hydrogens is 374 g/mol. The molecule has 0 atom stereocenters. The van der Waals surface area contributed by atoms with Crippen molar-refractivity contribution in [3.8, 4) is 10.6 Å². The number of aromatic nitrogens is 2. The zero-order chi connectivity index (χ0) is 18.3. The summed E-state index contributed by atoms with van der Waals surface area (Å²) in [5.74, 6) is -0.541.